The standard InChI is InChI=1S/C15H20F3N3O2/c1-9-11(15(16,17)18)12(20-19-9)10-5-7-21(8-6-10)13(22)23-14(2,3)4/h5H,6-8H2,1-4H3,(H,19,20). The number of hydrogen-bond donors (Lipinski definition) is 1. The Hall–Kier alpha value is -1.99. The van der Waals surface area contributed by atoms with E-state index in [2.05, 4.69) is 10.2 Å². The fourth-order valence-electron chi connectivity index (χ4n) is 2.38. The first kappa shape index (κ1) is 17.4. The van der Waals surface area contributed by atoms with Crippen molar-refractivity contribution in [2.45, 2.75) is 45.9 Å². The zero-order valence-electron chi connectivity index (χ0n) is 13.5. The maximum atomic E-state index is 13.1. The van der Waals surface area contributed by atoms with Gasteiger partial charge in [0.15, 0.2) is 0 Å². The Morgan fingerprint density at radius 2 is 2.00 bits per heavy atom. The second kappa shape index (κ2) is 5.90. The van der Waals surface area contributed by atoms with Gasteiger partial charge in [0.1, 0.15) is 16.9 Å². The van der Waals surface area contributed by atoms with Crippen molar-refractivity contribution in [3.8, 4) is 0 Å². The van der Waals surface area contributed by atoms with Crippen molar-refractivity contribution in [2.24, 2.45) is 0 Å². The summed E-state index contributed by atoms with van der Waals surface area (Å²) in [4.78, 5) is 13.4. The van der Waals surface area contributed by atoms with E-state index >= 15 is 0 Å². The first-order chi connectivity index (χ1) is 10.5. The number of aryl methyl sites for hydroxylation is 1. The van der Waals surface area contributed by atoms with Crippen LogP contribution >= 0.6 is 0 Å². The van der Waals surface area contributed by atoms with Gasteiger partial charge < -0.3 is 9.64 Å². The predicted octanol–water partition coefficient (Wildman–Crippen LogP) is 3.76. The van der Waals surface area contributed by atoms with Gasteiger partial charge >= 0.3 is 12.3 Å². The van der Waals surface area contributed by atoms with Gasteiger partial charge in [-0.3, -0.25) is 5.10 Å². The number of ether oxygens (including phenoxy) is 1. The topological polar surface area (TPSA) is 58.2 Å². The Balaban J connectivity index is 2.16. The van der Waals surface area contributed by atoms with Gasteiger partial charge in [0.25, 0.3) is 0 Å². The Morgan fingerprint density at radius 3 is 2.48 bits per heavy atom. The number of amides is 1. The normalized spacial score (nSPS) is 16.3. The molecule has 2 rings (SSSR count). The third-order valence-electron chi connectivity index (χ3n) is 3.40. The molecule has 0 aliphatic carbocycles. The van der Waals surface area contributed by atoms with Crippen LogP contribution in [0.4, 0.5) is 18.0 Å². The number of aromatic amines is 1. The molecule has 2 heterocycles. The molecule has 8 heteroatoms. The zero-order chi connectivity index (χ0) is 17.4. The van der Waals surface area contributed by atoms with E-state index in [9.17, 15) is 18.0 Å². The molecule has 23 heavy (non-hydrogen) atoms. The highest BCUT2D eigenvalue weighted by Gasteiger charge is 2.38. The summed E-state index contributed by atoms with van der Waals surface area (Å²) in [6.45, 7) is 7.13. The van der Waals surface area contributed by atoms with Crippen LogP contribution in [0.2, 0.25) is 0 Å². The van der Waals surface area contributed by atoms with E-state index in [0.717, 1.165) is 0 Å². The molecule has 128 valence electrons. The lowest BCUT2D eigenvalue weighted by molar-refractivity contribution is -0.138. The van der Waals surface area contributed by atoms with Gasteiger partial charge in [-0.15, -0.1) is 0 Å². The quantitative estimate of drug-likeness (QED) is 0.852. The lowest BCUT2D eigenvalue weighted by Crippen LogP contribution is -2.39. The highest BCUT2D eigenvalue weighted by Crippen LogP contribution is 2.37. The summed E-state index contributed by atoms with van der Waals surface area (Å²) in [7, 11) is 0. The third kappa shape index (κ3) is 4.05. The van der Waals surface area contributed by atoms with Gasteiger partial charge in [-0.25, -0.2) is 4.79 Å². The fourth-order valence-corrected chi connectivity index (χ4v) is 2.38. The van der Waals surface area contributed by atoms with Crippen molar-refractivity contribution >= 4 is 11.7 Å². The minimum absolute atomic E-state index is 0.0111. The molecule has 5 nitrogen and oxygen atoms in total. The molecule has 1 aliphatic heterocycles. The monoisotopic (exact) mass is 331 g/mol. The van der Waals surface area contributed by atoms with Gasteiger partial charge in [-0.05, 0) is 39.7 Å². The number of H-pyrrole nitrogens is 1. The van der Waals surface area contributed by atoms with E-state index in [1.54, 1.807) is 26.8 Å². The largest absolute Gasteiger partial charge is 0.444 e. The maximum absolute atomic E-state index is 13.1. The van der Waals surface area contributed by atoms with Crippen molar-refractivity contribution in [1.82, 2.24) is 15.1 Å². The second-order valence-electron chi connectivity index (χ2n) is 6.48. The van der Waals surface area contributed by atoms with Gasteiger partial charge in [0, 0.05) is 18.8 Å². The van der Waals surface area contributed by atoms with E-state index in [4.69, 9.17) is 4.74 Å². The zero-order valence-corrected chi connectivity index (χ0v) is 13.5. The highest BCUT2D eigenvalue weighted by molar-refractivity contribution is 5.73. The predicted molar refractivity (Wildman–Crippen MR) is 78.7 cm³/mol. The molecule has 0 radical (unpaired) electrons. The SMILES string of the molecule is Cc1[nH]nc(C2=CCN(C(=O)OC(C)(C)C)CC2)c1C(F)(F)F. The maximum Gasteiger partial charge on any atom is 0.420 e. The lowest BCUT2D eigenvalue weighted by atomic mass is 10.0. The highest BCUT2D eigenvalue weighted by atomic mass is 19.4. The summed E-state index contributed by atoms with van der Waals surface area (Å²) in [5.74, 6) is 0. The molecule has 0 atom stereocenters. The summed E-state index contributed by atoms with van der Waals surface area (Å²) < 4.78 is 44.6. The molecule has 0 saturated heterocycles. The van der Waals surface area contributed by atoms with Crippen LogP contribution < -0.4 is 0 Å². The molecule has 1 N–H and O–H groups in total. The smallest absolute Gasteiger partial charge is 0.420 e. The first-order valence-corrected chi connectivity index (χ1v) is 7.28. The average Bonchev–Trinajstić information content (AvgIpc) is 2.79. The van der Waals surface area contributed by atoms with Gasteiger partial charge in [0.2, 0.25) is 0 Å². The number of halogens is 3. The molecule has 0 bridgehead atoms. The number of rotatable bonds is 1. The summed E-state index contributed by atoms with van der Waals surface area (Å²) in [6.07, 6.45) is -3.04. The number of nitrogens with zero attached hydrogens (tertiary/aromatic N) is 2. The molecule has 0 saturated carbocycles. The Bertz CT molecular complexity index is 627. The molecule has 0 spiro atoms. The number of hydrogen-bond acceptors (Lipinski definition) is 3. The van der Waals surface area contributed by atoms with Gasteiger partial charge in [-0.2, -0.15) is 18.3 Å². The van der Waals surface area contributed by atoms with E-state index in [0.29, 0.717) is 18.5 Å². The van der Waals surface area contributed by atoms with Crippen LogP contribution in [0.15, 0.2) is 6.08 Å². The Kier molecular flexibility index (Phi) is 4.45. The number of nitrogens with one attached hydrogen (secondary N) is 1. The molecule has 1 amide bonds. The second-order valence-corrected chi connectivity index (χ2v) is 6.48. The molecule has 0 unspecified atom stereocenters. The molecule has 0 aromatic carbocycles. The van der Waals surface area contributed by atoms with Crippen LogP contribution in [0, 0.1) is 6.92 Å². The van der Waals surface area contributed by atoms with Crippen LogP contribution in [-0.2, 0) is 10.9 Å². The van der Waals surface area contributed by atoms with Crippen molar-refractivity contribution in [3.63, 3.8) is 0 Å². The Labute approximate surface area is 132 Å². The average molecular weight is 331 g/mol. The summed E-state index contributed by atoms with van der Waals surface area (Å²) in [5, 5.41) is 6.18. The van der Waals surface area contributed by atoms with E-state index < -0.39 is 23.4 Å². The van der Waals surface area contributed by atoms with Crippen molar-refractivity contribution < 1.29 is 22.7 Å². The Morgan fingerprint density at radius 1 is 1.35 bits per heavy atom. The molecular formula is C15H20F3N3O2. The molecular weight excluding hydrogens is 311 g/mol. The number of carbonyl (C=O) groups is 1. The van der Waals surface area contributed by atoms with Gasteiger partial charge in [0.05, 0.1) is 0 Å². The van der Waals surface area contributed by atoms with E-state index in [-0.39, 0.29) is 17.9 Å². The first-order valence-electron chi connectivity index (χ1n) is 7.28. The molecule has 0 fully saturated rings. The van der Waals surface area contributed by atoms with Crippen LogP contribution in [0.3, 0.4) is 0 Å². The van der Waals surface area contributed by atoms with Crippen LogP contribution in [0.1, 0.15) is 44.1 Å². The summed E-state index contributed by atoms with van der Waals surface area (Å²) >= 11 is 0. The molecule has 1 aromatic rings. The van der Waals surface area contributed by atoms with Crippen LogP contribution in [0.25, 0.3) is 5.57 Å². The number of alkyl halides is 3. The van der Waals surface area contributed by atoms with Crippen LogP contribution in [0.5, 0.6) is 0 Å². The lowest BCUT2D eigenvalue weighted by Gasteiger charge is -2.29. The number of aromatic nitrogens is 2. The number of carbonyl (C=O) groups excluding carboxylic acids is 1. The minimum Gasteiger partial charge on any atom is -0.444 e. The molecule has 1 aliphatic rings. The van der Waals surface area contributed by atoms with Gasteiger partial charge in [-0.1, -0.05) is 6.08 Å². The molecule has 1 aromatic heterocycles. The van der Waals surface area contributed by atoms with E-state index in [1.807, 2.05) is 0 Å². The fraction of sp³-hybridized carbons (Fsp3) is 0.600. The van der Waals surface area contributed by atoms with Crippen molar-refractivity contribution in [2.75, 3.05) is 13.1 Å². The van der Waals surface area contributed by atoms with Crippen molar-refractivity contribution in [3.05, 3.63) is 23.0 Å². The van der Waals surface area contributed by atoms with E-state index in [1.165, 1.54) is 11.8 Å². The summed E-state index contributed by atoms with van der Waals surface area (Å²) in [6, 6.07) is 0. The summed E-state index contributed by atoms with van der Waals surface area (Å²) in [5.41, 5.74) is -0.957. The minimum atomic E-state index is -4.46. The van der Waals surface area contributed by atoms with Crippen molar-refractivity contribution in [1.29, 1.82) is 0 Å². The third-order valence-corrected chi connectivity index (χ3v) is 3.40. The van der Waals surface area contributed by atoms with Crippen LogP contribution in [-0.4, -0.2) is 39.9 Å².